The number of fused-ring (bicyclic) bond motifs is 1. The maximum absolute atomic E-state index is 4.69. The molecule has 0 fully saturated rings. The molecule has 0 saturated carbocycles. The second-order valence-corrected chi connectivity index (χ2v) is 3.34. The van der Waals surface area contributed by atoms with Gasteiger partial charge >= 0.3 is 0 Å². The standard InChI is InChI=1S/C10H8.C4H10O/c1-2-6-10-8-4-3-7-9(10)5-1;1-3-4-5-2/h1-8H;3-4H2,1-2H3. The minimum absolute atomic E-state index is 0.889. The van der Waals surface area contributed by atoms with E-state index in [1.807, 2.05) is 0 Å². The number of hydrogen-bond acceptors (Lipinski definition) is 1. The molecule has 80 valence electrons. The molecule has 0 bridgehead atoms. The molecule has 1 nitrogen and oxygen atoms in total. The number of ether oxygens (including phenoxy) is 1. The van der Waals surface area contributed by atoms with Crippen LogP contribution < -0.4 is 0 Å². The molecule has 0 unspecified atom stereocenters. The fraction of sp³-hybridized carbons (Fsp3) is 0.286. The van der Waals surface area contributed by atoms with E-state index in [1.165, 1.54) is 10.8 Å². The van der Waals surface area contributed by atoms with Crippen LogP contribution in [-0.2, 0) is 4.74 Å². The van der Waals surface area contributed by atoms with E-state index in [2.05, 4.69) is 55.5 Å². The average molecular weight is 202 g/mol. The highest BCUT2D eigenvalue weighted by molar-refractivity contribution is 5.81. The Bertz CT molecular complexity index is 314. The highest BCUT2D eigenvalue weighted by Gasteiger charge is 1.85. The van der Waals surface area contributed by atoms with Gasteiger partial charge in [0, 0.05) is 13.7 Å². The Kier molecular flexibility index (Phi) is 5.49. The van der Waals surface area contributed by atoms with E-state index in [1.54, 1.807) is 7.11 Å². The normalized spacial score (nSPS) is 9.47. The molecule has 0 heterocycles. The van der Waals surface area contributed by atoms with Crippen LogP contribution in [0.1, 0.15) is 13.3 Å². The van der Waals surface area contributed by atoms with Gasteiger partial charge in [-0.1, -0.05) is 55.5 Å². The number of hydrogen-bond donors (Lipinski definition) is 0. The van der Waals surface area contributed by atoms with Gasteiger partial charge in [-0.05, 0) is 17.2 Å². The molecule has 0 amide bonds. The van der Waals surface area contributed by atoms with Crippen LogP contribution in [0.15, 0.2) is 48.5 Å². The number of methoxy groups -OCH3 is 1. The van der Waals surface area contributed by atoms with Gasteiger partial charge in [-0.15, -0.1) is 0 Å². The van der Waals surface area contributed by atoms with Crippen molar-refractivity contribution in [2.75, 3.05) is 13.7 Å². The molecule has 2 rings (SSSR count). The minimum Gasteiger partial charge on any atom is -0.385 e. The summed E-state index contributed by atoms with van der Waals surface area (Å²) >= 11 is 0. The lowest BCUT2D eigenvalue weighted by Crippen LogP contribution is -1.80. The Morgan fingerprint density at radius 1 is 0.867 bits per heavy atom. The Morgan fingerprint density at radius 3 is 1.47 bits per heavy atom. The molecule has 0 atom stereocenters. The van der Waals surface area contributed by atoms with Gasteiger partial charge < -0.3 is 4.74 Å². The van der Waals surface area contributed by atoms with Gasteiger partial charge in [-0.2, -0.15) is 0 Å². The van der Waals surface area contributed by atoms with Gasteiger partial charge in [0.1, 0.15) is 0 Å². The van der Waals surface area contributed by atoms with Gasteiger partial charge in [0.15, 0.2) is 0 Å². The zero-order valence-corrected chi connectivity index (χ0v) is 9.44. The van der Waals surface area contributed by atoms with Crippen molar-refractivity contribution in [1.82, 2.24) is 0 Å². The molecule has 1 heteroatoms. The highest BCUT2D eigenvalue weighted by Crippen LogP contribution is 2.11. The topological polar surface area (TPSA) is 9.23 Å². The largest absolute Gasteiger partial charge is 0.385 e. The van der Waals surface area contributed by atoms with Crippen molar-refractivity contribution < 1.29 is 4.74 Å². The molecule has 0 aromatic heterocycles. The van der Waals surface area contributed by atoms with Crippen LogP contribution in [0, 0.1) is 0 Å². The first-order valence-electron chi connectivity index (χ1n) is 5.31. The second kappa shape index (κ2) is 7.02. The van der Waals surface area contributed by atoms with Crippen molar-refractivity contribution in [2.45, 2.75) is 13.3 Å². The Labute approximate surface area is 91.7 Å². The first kappa shape index (κ1) is 11.7. The minimum atomic E-state index is 0.889. The molecular formula is C14H18O. The molecular weight excluding hydrogens is 184 g/mol. The smallest absolute Gasteiger partial charge is 0.0459 e. The zero-order chi connectivity index (χ0) is 10.9. The Morgan fingerprint density at radius 2 is 1.27 bits per heavy atom. The first-order chi connectivity index (χ1) is 7.38. The number of benzene rings is 2. The second-order valence-electron chi connectivity index (χ2n) is 3.34. The molecule has 2 aromatic rings. The van der Waals surface area contributed by atoms with Crippen LogP contribution in [0.3, 0.4) is 0 Å². The maximum atomic E-state index is 4.69. The van der Waals surface area contributed by atoms with E-state index in [0.717, 1.165) is 13.0 Å². The molecule has 0 aliphatic rings. The highest BCUT2D eigenvalue weighted by atomic mass is 16.5. The summed E-state index contributed by atoms with van der Waals surface area (Å²) in [6.45, 7) is 2.98. The van der Waals surface area contributed by atoms with E-state index in [4.69, 9.17) is 4.74 Å². The van der Waals surface area contributed by atoms with Gasteiger partial charge in [0.2, 0.25) is 0 Å². The van der Waals surface area contributed by atoms with E-state index in [9.17, 15) is 0 Å². The van der Waals surface area contributed by atoms with Crippen molar-refractivity contribution in [3.05, 3.63) is 48.5 Å². The van der Waals surface area contributed by atoms with Crippen LogP contribution in [0.5, 0.6) is 0 Å². The van der Waals surface area contributed by atoms with Gasteiger partial charge in [0.05, 0.1) is 0 Å². The molecule has 15 heavy (non-hydrogen) atoms. The third-order valence-electron chi connectivity index (χ3n) is 2.07. The summed E-state index contributed by atoms with van der Waals surface area (Å²) in [6.07, 6.45) is 1.12. The molecule has 0 aliphatic heterocycles. The SMILES string of the molecule is CCCOC.c1ccc2ccccc2c1. The fourth-order valence-corrected chi connectivity index (χ4v) is 1.34. The van der Waals surface area contributed by atoms with Crippen molar-refractivity contribution >= 4 is 10.8 Å². The monoisotopic (exact) mass is 202 g/mol. The summed E-state index contributed by atoms with van der Waals surface area (Å²) in [7, 11) is 1.71. The molecule has 0 aliphatic carbocycles. The summed E-state index contributed by atoms with van der Waals surface area (Å²) in [5.74, 6) is 0. The fourth-order valence-electron chi connectivity index (χ4n) is 1.34. The van der Waals surface area contributed by atoms with Crippen LogP contribution in [-0.4, -0.2) is 13.7 Å². The summed E-state index contributed by atoms with van der Waals surface area (Å²) in [5, 5.41) is 2.62. The van der Waals surface area contributed by atoms with Gasteiger partial charge in [0.25, 0.3) is 0 Å². The first-order valence-corrected chi connectivity index (χ1v) is 5.31. The van der Waals surface area contributed by atoms with E-state index in [-0.39, 0.29) is 0 Å². The Hall–Kier alpha value is -1.34. The lowest BCUT2D eigenvalue weighted by Gasteiger charge is -1.92. The van der Waals surface area contributed by atoms with E-state index in [0.29, 0.717) is 0 Å². The molecule has 0 saturated heterocycles. The third kappa shape index (κ3) is 4.13. The maximum Gasteiger partial charge on any atom is 0.0459 e. The predicted molar refractivity (Wildman–Crippen MR) is 66.1 cm³/mol. The average Bonchev–Trinajstić information content (AvgIpc) is 2.31. The third-order valence-corrected chi connectivity index (χ3v) is 2.07. The van der Waals surface area contributed by atoms with Crippen molar-refractivity contribution in [2.24, 2.45) is 0 Å². The van der Waals surface area contributed by atoms with Crippen molar-refractivity contribution in [1.29, 1.82) is 0 Å². The molecule has 0 N–H and O–H groups in total. The van der Waals surface area contributed by atoms with Crippen molar-refractivity contribution in [3.8, 4) is 0 Å². The van der Waals surface area contributed by atoms with Crippen molar-refractivity contribution in [3.63, 3.8) is 0 Å². The predicted octanol–water partition coefficient (Wildman–Crippen LogP) is 3.88. The summed E-state index contributed by atoms with van der Waals surface area (Å²) in [5.41, 5.74) is 0. The number of rotatable bonds is 2. The van der Waals surface area contributed by atoms with E-state index >= 15 is 0 Å². The van der Waals surface area contributed by atoms with Gasteiger partial charge in [-0.3, -0.25) is 0 Å². The Balaban J connectivity index is 0.000000195. The lowest BCUT2D eigenvalue weighted by molar-refractivity contribution is 0.199. The van der Waals surface area contributed by atoms with Crippen LogP contribution in [0.25, 0.3) is 10.8 Å². The lowest BCUT2D eigenvalue weighted by atomic mass is 10.1. The molecule has 2 aromatic carbocycles. The molecule has 0 spiro atoms. The summed E-state index contributed by atoms with van der Waals surface area (Å²) in [6, 6.07) is 16.7. The molecule has 0 radical (unpaired) electrons. The summed E-state index contributed by atoms with van der Waals surface area (Å²) < 4.78 is 4.69. The quantitative estimate of drug-likeness (QED) is 0.718. The van der Waals surface area contributed by atoms with Crippen LogP contribution >= 0.6 is 0 Å². The van der Waals surface area contributed by atoms with Gasteiger partial charge in [-0.25, -0.2) is 0 Å². The summed E-state index contributed by atoms with van der Waals surface area (Å²) in [4.78, 5) is 0. The van der Waals surface area contributed by atoms with E-state index < -0.39 is 0 Å². The van der Waals surface area contributed by atoms with Crippen LogP contribution in [0.4, 0.5) is 0 Å². The van der Waals surface area contributed by atoms with Crippen LogP contribution in [0.2, 0.25) is 0 Å². The zero-order valence-electron chi connectivity index (χ0n) is 9.44.